The summed E-state index contributed by atoms with van der Waals surface area (Å²) in [6.45, 7) is 0. The molecule has 2 heterocycles. The fourth-order valence-corrected chi connectivity index (χ4v) is 1.98. The summed E-state index contributed by atoms with van der Waals surface area (Å²) in [7, 11) is 0. The van der Waals surface area contributed by atoms with Crippen molar-refractivity contribution in [2.75, 3.05) is 0 Å². The van der Waals surface area contributed by atoms with Crippen molar-refractivity contribution in [3.8, 4) is 0 Å². The number of hydrogen-bond acceptors (Lipinski definition) is 2. The molecule has 0 atom stereocenters. The summed E-state index contributed by atoms with van der Waals surface area (Å²) >= 11 is 5.00. The first-order chi connectivity index (χ1) is 4.38. The average Bonchev–Trinajstić information content (AvgIpc) is 2.35. The lowest BCUT2D eigenvalue weighted by molar-refractivity contribution is 1.17. The van der Waals surface area contributed by atoms with Crippen LogP contribution in [0, 0.1) is 0 Å². The number of imidazole rings is 1. The molecule has 0 spiro atoms. The zero-order valence-corrected chi connectivity index (χ0v) is 6.82. The van der Waals surface area contributed by atoms with Crippen LogP contribution in [0.25, 0.3) is 4.83 Å². The Bertz CT molecular complexity index is 324. The molecule has 0 saturated carbocycles. The molecule has 0 saturated heterocycles. The van der Waals surface area contributed by atoms with Crippen LogP contribution >= 0.6 is 27.3 Å². The van der Waals surface area contributed by atoms with E-state index >= 15 is 0 Å². The molecule has 2 rings (SSSR count). The van der Waals surface area contributed by atoms with Crippen LogP contribution in [0.3, 0.4) is 0 Å². The molecule has 0 radical (unpaired) electrons. The Morgan fingerprint density at radius 2 is 2.56 bits per heavy atom. The van der Waals surface area contributed by atoms with Gasteiger partial charge in [-0.2, -0.15) is 0 Å². The number of halogens is 1. The predicted molar refractivity (Wildman–Crippen MR) is 40.8 cm³/mol. The smallest absolute Gasteiger partial charge is 0.142 e. The Labute approximate surface area is 64.3 Å². The molecule has 0 N–H and O–H groups in total. The molecule has 0 aromatic carbocycles. The van der Waals surface area contributed by atoms with E-state index < -0.39 is 0 Å². The summed E-state index contributed by atoms with van der Waals surface area (Å²) in [5.74, 6) is 0. The van der Waals surface area contributed by atoms with Crippen LogP contribution in [-0.2, 0) is 0 Å². The van der Waals surface area contributed by atoms with Crippen LogP contribution in [0.2, 0.25) is 0 Å². The molecule has 0 aliphatic heterocycles. The van der Waals surface area contributed by atoms with Gasteiger partial charge in [0.15, 0.2) is 0 Å². The minimum Gasteiger partial charge on any atom is -0.296 e. The summed E-state index contributed by atoms with van der Waals surface area (Å²) in [5.41, 5.74) is 0. The zero-order chi connectivity index (χ0) is 6.27. The van der Waals surface area contributed by atoms with Gasteiger partial charge in [0.05, 0.1) is 0 Å². The lowest BCUT2D eigenvalue weighted by atomic mass is 10.9. The Balaban J connectivity index is 2.99. The largest absolute Gasteiger partial charge is 0.296 e. The highest BCUT2D eigenvalue weighted by Gasteiger charge is 1.98. The first-order valence-electron chi connectivity index (χ1n) is 2.43. The fraction of sp³-hybridized carbons (Fsp3) is 0. The van der Waals surface area contributed by atoms with Crippen molar-refractivity contribution in [1.82, 2.24) is 9.38 Å². The lowest BCUT2D eigenvalue weighted by Gasteiger charge is -1.74. The second-order valence-corrected chi connectivity index (χ2v) is 3.30. The molecular weight excluding hydrogens is 200 g/mol. The third-order valence-electron chi connectivity index (χ3n) is 1.11. The van der Waals surface area contributed by atoms with E-state index in [1.54, 1.807) is 17.7 Å². The van der Waals surface area contributed by atoms with Crippen molar-refractivity contribution >= 4 is 32.1 Å². The Kier molecular flexibility index (Phi) is 1.10. The van der Waals surface area contributed by atoms with Gasteiger partial charge in [-0.3, -0.25) is 4.40 Å². The summed E-state index contributed by atoms with van der Waals surface area (Å²) in [6.07, 6.45) is 3.77. The molecule has 0 fully saturated rings. The number of fused-ring (bicyclic) bond motifs is 1. The molecule has 2 aromatic heterocycles. The van der Waals surface area contributed by atoms with Gasteiger partial charge in [-0.25, -0.2) is 4.98 Å². The molecule has 0 unspecified atom stereocenters. The molecule has 46 valence electrons. The van der Waals surface area contributed by atoms with E-state index in [1.165, 1.54) is 0 Å². The quantitative estimate of drug-likeness (QED) is 0.641. The van der Waals surface area contributed by atoms with Crippen molar-refractivity contribution in [3.05, 3.63) is 22.5 Å². The van der Waals surface area contributed by atoms with Gasteiger partial charge in [0.1, 0.15) is 15.8 Å². The summed E-state index contributed by atoms with van der Waals surface area (Å²) in [6, 6.07) is 0. The minimum atomic E-state index is 0.928. The maximum atomic E-state index is 4.05. The summed E-state index contributed by atoms with van der Waals surface area (Å²) in [5, 5.41) is 2.03. The SMILES string of the molecule is Brc1ncn2ccsc12. The van der Waals surface area contributed by atoms with Crippen LogP contribution in [0.15, 0.2) is 22.5 Å². The van der Waals surface area contributed by atoms with Crippen LogP contribution in [0.5, 0.6) is 0 Å². The predicted octanol–water partition coefficient (Wildman–Crippen LogP) is 2.16. The van der Waals surface area contributed by atoms with Gasteiger partial charge in [-0.15, -0.1) is 11.3 Å². The van der Waals surface area contributed by atoms with Gasteiger partial charge < -0.3 is 0 Å². The monoisotopic (exact) mass is 202 g/mol. The molecule has 0 amide bonds. The van der Waals surface area contributed by atoms with Gasteiger partial charge in [-0.1, -0.05) is 0 Å². The minimum absolute atomic E-state index is 0.928. The molecule has 0 aliphatic carbocycles. The fourth-order valence-electron chi connectivity index (χ4n) is 0.703. The normalized spacial score (nSPS) is 10.8. The van der Waals surface area contributed by atoms with Crippen LogP contribution in [0.1, 0.15) is 0 Å². The molecular formula is C5H3BrN2S. The van der Waals surface area contributed by atoms with Gasteiger partial charge in [0.25, 0.3) is 0 Å². The average molecular weight is 203 g/mol. The second-order valence-electron chi connectivity index (χ2n) is 1.65. The Hall–Kier alpha value is -0.350. The second kappa shape index (κ2) is 1.82. The highest BCUT2D eigenvalue weighted by molar-refractivity contribution is 9.10. The number of aromatic nitrogens is 2. The van der Waals surface area contributed by atoms with Crippen LogP contribution in [-0.4, -0.2) is 9.38 Å². The van der Waals surface area contributed by atoms with E-state index in [2.05, 4.69) is 20.9 Å². The first kappa shape index (κ1) is 5.44. The number of thiazole rings is 1. The van der Waals surface area contributed by atoms with Crippen molar-refractivity contribution in [1.29, 1.82) is 0 Å². The van der Waals surface area contributed by atoms with Gasteiger partial charge in [0.2, 0.25) is 0 Å². The standard InChI is InChI=1S/C5H3BrN2S/c6-4-5-8(3-7-4)1-2-9-5/h1-3H. The van der Waals surface area contributed by atoms with Crippen molar-refractivity contribution in [2.24, 2.45) is 0 Å². The third kappa shape index (κ3) is 0.702. The number of hydrogen-bond donors (Lipinski definition) is 0. The molecule has 0 aliphatic rings. The highest BCUT2D eigenvalue weighted by Crippen LogP contribution is 2.20. The Morgan fingerprint density at radius 1 is 1.67 bits per heavy atom. The topological polar surface area (TPSA) is 17.3 Å². The van der Waals surface area contributed by atoms with Gasteiger partial charge in [-0.05, 0) is 15.9 Å². The number of rotatable bonds is 0. The maximum Gasteiger partial charge on any atom is 0.142 e. The van der Waals surface area contributed by atoms with Crippen molar-refractivity contribution < 1.29 is 0 Å². The van der Waals surface area contributed by atoms with E-state index in [-0.39, 0.29) is 0 Å². The van der Waals surface area contributed by atoms with Crippen LogP contribution in [0.4, 0.5) is 0 Å². The van der Waals surface area contributed by atoms with E-state index in [9.17, 15) is 0 Å². The maximum absolute atomic E-state index is 4.05. The third-order valence-corrected chi connectivity index (χ3v) is 2.84. The van der Waals surface area contributed by atoms with E-state index in [0.717, 1.165) is 9.43 Å². The molecule has 2 aromatic rings. The van der Waals surface area contributed by atoms with E-state index in [1.807, 2.05) is 16.0 Å². The summed E-state index contributed by atoms with van der Waals surface area (Å²) in [4.78, 5) is 5.21. The van der Waals surface area contributed by atoms with Crippen LogP contribution < -0.4 is 0 Å². The molecule has 0 bridgehead atoms. The van der Waals surface area contributed by atoms with Crippen molar-refractivity contribution in [2.45, 2.75) is 0 Å². The highest BCUT2D eigenvalue weighted by atomic mass is 79.9. The first-order valence-corrected chi connectivity index (χ1v) is 4.11. The Morgan fingerprint density at radius 3 is 3.33 bits per heavy atom. The lowest BCUT2D eigenvalue weighted by Crippen LogP contribution is -1.66. The van der Waals surface area contributed by atoms with Gasteiger partial charge in [0, 0.05) is 11.6 Å². The summed E-state index contributed by atoms with van der Waals surface area (Å²) < 4.78 is 2.91. The molecule has 4 heteroatoms. The number of nitrogens with zero attached hydrogens (tertiary/aromatic N) is 2. The molecule has 9 heavy (non-hydrogen) atoms. The van der Waals surface area contributed by atoms with Crippen molar-refractivity contribution in [3.63, 3.8) is 0 Å². The molecule has 2 nitrogen and oxygen atoms in total. The van der Waals surface area contributed by atoms with E-state index in [4.69, 9.17) is 0 Å². The van der Waals surface area contributed by atoms with E-state index in [0.29, 0.717) is 0 Å². The zero-order valence-electron chi connectivity index (χ0n) is 4.41. The van der Waals surface area contributed by atoms with Gasteiger partial charge >= 0.3 is 0 Å².